The van der Waals surface area contributed by atoms with Crippen molar-refractivity contribution in [2.24, 2.45) is 0 Å². The molecule has 4 rings (SSSR count). The molecule has 0 radical (unpaired) electrons. The molecule has 144 valence electrons. The monoisotopic (exact) mass is 395 g/mol. The van der Waals surface area contributed by atoms with Crippen LogP contribution < -0.4 is 10.2 Å². The number of carbonyl (C=O) groups excluding carboxylic acids is 1. The molecule has 1 aliphatic heterocycles. The predicted molar refractivity (Wildman–Crippen MR) is 109 cm³/mol. The highest BCUT2D eigenvalue weighted by molar-refractivity contribution is 6.31. The van der Waals surface area contributed by atoms with Gasteiger partial charge in [-0.1, -0.05) is 30.3 Å². The van der Waals surface area contributed by atoms with Crippen molar-refractivity contribution in [2.45, 2.75) is 50.6 Å². The Labute approximate surface area is 169 Å². The summed E-state index contributed by atoms with van der Waals surface area (Å²) < 4.78 is 0. The third-order valence-electron chi connectivity index (χ3n) is 5.63. The minimum absolute atomic E-state index is 0.00507. The van der Waals surface area contributed by atoms with Gasteiger partial charge in [0, 0.05) is 24.2 Å². The molecule has 1 aromatic heterocycles. The van der Waals surface area contributed by atoms with Crippen LogP contribution >= 0.6 is 11.6 Å². The Morgan fingerprint density at radius 1 is 1.29 bits per heavy atom. The lowest BCUT2D eigenvalue weighted by molar-refractivity contribution is 0.0924. The molecule has 2 aliphatic rings. The number of hydrogen-bond acceptors (Lipinski definition) is 4. The largest absolute Gasteiger partial charge is 0.358 e. The maximum absolute atomic E-state index is 12.7. The highest BCUT2D eigenvalue weighted by Crippen LogP contribution is 2.39. The van der Waals surface area contributed by atoms with Crippen LogP contribution in [0.5, 0.6) is 0 Å². The Morgan fingerprint density at radius 3 is 2.68 bits per heavy atom. The number of nitrogens with one attached hydrogen (secondary N) is 1. The molecule has 7 heteroatoms. The number of anilines is 1. The second-order valence-corrected chi connectivity index (χ2v) is 7.86. The molecule has 1 N–H and O–H groups in total. The second-order valence-electron chi connectivity index (χ2n) is 7.51. The van der Waals surface area contributed by atoms with Crippen LogP contribution in [0, 0.1) is 6.57 Å². The zero-order valence-corrected chi connectivity index (χ0v) is 16.5. The Kier molecular flexibility index (Phi) is 5.19. The van der Waals surface area contributed by atoms with Gasteiger partial charge < -0.3 is 15.1 Å². The number of benzene rings is 1. The van der Waals surface area contributed by atoms with Crippen molar-refractivity contribution in [1.82, 2.24) is 15.3 Å². The van der Waals surface area contributed by atoms with E-state index in [2.05, 4.69) is 44.1 Å². The fraction of sp³-hybridized carbons (Fsp3) is 0.429. The van der Waals surface area contributed by atoms with E-state index in [0.29, 0.717) is 17.3 Å². The molecule has 6 nitrogen and oxygen atoms in total. The van der Waals surface area contributed by atoms with E-state index in [0.717, 1.165) is 19.4 Å². The van der Waals surface area contributed by atoms with E-state index < -0.39 is 0 Å². The summed E-state index contributed by atoms with van der Waals surface area (Å²) in [4.78, 5) is 26.5. The standard InChI is InChI=1S/C21H22ClN5O/c1-13-17(25-21(28)16-9-7-15(8-10-16)14-5-6-14)4-3-11-27(13)18-12-24-20(23-2)19(22)26-18/h7-10,12-14,17H,3-6,11H2,1H3,(H,25,28)/t13-,17?/m1/s1. The van der Waals surface area contributed by atoms with Gasteiger partial charge in [0.2, 0.25) is 0 Å². The van der Waals surface area contributed by atoms with Crippen molar-refractivity contribution in [2.75, 3.05) is 11.4 Å². The second kappa shape index (κ2) is 7.76. The van der Waals surface area contributed by atoms with E-state index in [1.807, 2.05) is 12.1 Å². The number of rotatable bonds is 4. The van der Waals surface area contributed by atoms with E-state index in [4.69, 9.17) is 18.2 Å². The zero-order valence-electron chi connectivity index (χ0n) is 15.7. The Hall–Kier alpha value is -2.65. The lowest BCUT2D eigenvalue weighted by atomic mass is 9.97. The molecule has 2 atom stereocenters. The summed E-state index contributed by atoms with van der Waals surface area (Å²) in [7, 11) is 0. The summed E-state index contributed by atoms with van der Waals surface area (Å²) in [5.41, 5.74) is 2.02. The maximum Gasteiger partial charge on any atom is 0.307 e. The highest BCUT2D eigenvalue weighted by Gasteiger charge is 2.31. The first kappa shape index (κ1) is 18.7. The van der Waals surface area contributed by atoms with Gasteiger partial charge in [0.15, 0.2) is 17.2 Å². The topological polar surface area (TPSA) is 62.5 Å². The molecule has 0 bridgehead atoms. The molecule has 0 spiro atoms. The van der Waals surface area contributed by atoms with E-state index in [1.54, 1.807) is 6.20 Å². The van der Waals surface area contributed by atoms with Crippen LogP contribution in [0.15, 0.2) is 30.5 Å². The molecule has 2 heterocycles. The third-order valence-corrected chi connectivity index (χ3v) is 5.88. The quantitative estimate of drug-likeness (QED) is 0.782. The first-order valence-corrected chi connectivity index (χ1v) is 10.0. The molecule has 1 saturated heterocycles. The van der Waals surface area contributed by atoms with Crippen LogP contribution in [0.4, 0.5) is 11.6 Å². The van der Waals surface area contributed by atoms with Gasteiger partial charge in [-0.3, -0.25) is 4.79 Å². The van der Waals surface area contributed by atoms with Crippen LogP contribution in [0.25, 0.3) is 4.85 Å². The number of nitrogens with zero attached hydrogens (tertiary/aromatic N) is 4. The summed E-state index contributed by atoms with van der Waals surface area (Å²) in [6.45, 7) is 9.93. The number of carbonyl (C=O) groups is 1. The van der Waals surface area contributed by atoms with Crippen molar-refractivity contribution < 1.29 is 4.79 Å². The molecule has 1 amide bonds. The van der Waals surface area contributed by atoms with Gasteiger partial charge in [0.1, 0.15) is 0 Å². The number of halogens is 1. The molecule has 1 unspecified atom stereocenters. The molecule has 1 aliphatic carbocycles. The number of piperidine rings is 1. The normalized spacial score (nSPS) is 21.8. The minimum Gasteiger partial charge on any atom is -0.358 e. The van der Waals surface area contributed by atoms with Crippen molar-refractivity contribution in [1.29, 1.82) is 0 Å². The average molecular weight is 396 g/mol. The molecule has 2 aromatic rings. The minimum atomic E-state index is -0.0477. The number of hydrogen-bond donors (Lipinski definition) is 1. The maximum atomic E-state index is 12.7. The lowest BCUT2D eigenvalue weighted by Gasteiger charge is -2.40. The number of aromatic nitrogens is 2. The fourth-order valence-corrected chi connectivity index (χ4v) is 3.98. The summed E-state index contributed by atoms with van der Waals surface area (Å²) in [5, 5.41) is 3.29. The smallest absolute Gasteiger partial charge is 0.307 e. The summed E-state index contributed by atoms with van der Waals surface area (Å²) >= 11 is 6.05. The summed E-state index contributed by atoms with van der Waals surface area (Å²) in [6.07, 6.45) is 5.93. The first-order chi connectivity index (χ1) is 13.6. The SMILES string of the molecule is [C-]#[N+]c1ncc(N2CCCC(NC(=O)c3ccc(C4CC4)cc3)[C@H]2C)nc1Cl. The Bertz CT molecular complexity index is 919. The van der Waals surface area contributed by atoms with Crippen LogP contribution in [0.2, 0.25) is 5.15 Å². The Morgan fingerprint density at radius 2 is 2.04 bits per heavy atom. The van der Waals surface area contributed by atoms with Crippen molar-refractivity contribution >= 4 is 29.1 Å². The van der Waals surface area contributed by atoms with Gasteiger partial charge in [-0.2, -0.15) is 0 Å². The fourth-order valence-electron chi connectivity index (χ4n) is 3.80. The van der Waals surface area contributed by atoms with Gasteiger partial charge in [0.05, 0.1) is 0 Å². The highest BCUT2D eigenvalue weighted by atomic mass is 35.5. The van der Waals surface area contributed by atoms with Gasteiger partial charge >= 0.3 is 5.82 Å². The van der Waals surface area contributed by atoms with Gasteiger partial charge in [-0.25, -0.2) is 4.98 Å². The molecule has 1 saturated carbocycles. The van der Waals surface area contributed by atoms with Gasteiger partial charge in [0.25, 0.3) is 5.91 Å². The van der Waals surface area contributed by atoms with Crippen LogP contribution in [0.3, 0.4) is 0 Å². The number of amides is 1. The molecular weight excluding hydrogens is 374 g/mol. The van der Waals surface area contributed by atoms with Crippen molar-refractivity contribution in [3.05, 3.63) is 58.2 Å². The van der Waals surface area contributed by atoms with Gasteiger partial charge in [-0.05, 0) is 56.2 Å². The van der Waals surface area contributed by atoms with Crippen molar-refractivity contribution in [3.8, 4) is 0 Å². The summed E-state index contributed by atoms with van der Waals surface area (Å²) in [6, 6.07) is 8.03. The molecule has 2 fully saturated rings. The van der Waals surface area contributed by atoms with Gasteiger partial charge in [-0.15, -0.1) is 4.98 Å². The summed E-state index contributed by atoms with van der Waals surface area (Å²) in [5.74, 6) is 1.38. The zero-order chi connectivity index (χ0) is 19.7. The lowest BCUT2D eigenvalue weighted by Crippen LogP contribution is -2.54. The third kappa shape index (κ3) is 3.81. The van der Waals surface area contributed by atoms with Crippen LogP contribution in [0.1, 0.15) is 54.4 Å². The molecule has 1 aromatic carbocycles. The van der Waals surface area contributed by atoms with Crippen molar-refractivity contribution in [3.63, 3.8) is 0 Å². The van der Waals surface area contributed by atoms with E-state index in [9.17, 15) is 4.79 Å². The van der Waals surface area contributed by atoms with Crippen LogP contribution in [-0.4, -0.2) is 34.5 Å². The van der Waals surface area contributed by atoms with E-state index in [1.165, 1.54) is 18.4 Å². The predicted octanol–water partition coefficient (Wildman–Crippen LogP) is 4.35. The van der Waals surface area contributed by atoms with Crippen LogP contribution in [-0.2, 0) is 0 Å². The van der Waals surface area contributed by atoms with E-state index >= 15 is 0 Å². The first-order valence-electron chi connectivity index (χ1n) is 9.64. The molecule has 28 heavy (non-hydrogen) atoms. The average Bonchev–Trinajstić information content (AvgIpc) is 3.55. The molecular formula is C21H22ClN5O. The van der Waals surface area contributed by atoms with E-state index in [-0.39, 0.29) is 29.0 Å². The Balaban J connectivity index is 1.45.